The third-order valence-corrected chi connectivity index (χ3v) is 11.7. The maximum atomic E-state index is 12.7. The molecule has 0 spiro atoms. The number of hydrogen-bond donors (Lipinski definition) is 3. The molecule has 5 aromatic rings. The van der Waals surface area contributed by atoms with Crippen LogP contribution in [0.15, 0.2) is 131 Å². The van der Waals surface area contributed by atoms with E-state index in [2.05, 4.69) is 75.2 Å². The fourth-order valence-corrected chi connectivity index (χ4v) is 8.11. The smallest absolute Gasteiger partial charge is 0.410 e. The number of nitrogens with one attached hydrogen (secondary N) is 1. The van der Waals surface area contributed by atoms with Crippen LogP contribution in [0.5, 0.6) is 0 Å². The van der Waals surface area contributed by atoms with Gasteiger partial charge in [-0.25, -0.2) is 9.63 Å². The van der Waals surface area contributed by atoms with Gasteiger partial charge in [0.25, 0.3) is 5.91 Å². The fourth-order valence-electron chi connectivity index (χ4n) is 6.40. The average Bonchev–Trinajstić information content (AvgIpc) is 3.24. The lowest BCUT2D eigenvalue weighted by atomic mass is 9.99. The minimum absolute atomic E-state index is 0.144. The molecule has 1 fully saturated rings. The maximum Gasteiger partial charge on any atom is 0.410 e. The van der Waals surface area contributed by atoms with Crippen LogP contribution in [0.1, 0.15) is 49.5 Å². The number of carbonyl (C=O) groups is 2. The summed E-state index contributed by atoms with van der Waals surface area (Å²) in [6, 6.07) is 40.4. The number of thioether (sulfide) groups is 1. The Balaban J connectivity index is 0.000000288. The Kier molecular flexibility index (Phi) is 18.0. The van der Waals surface area contributed by atoms with Crippen LogP contribution < -0.4 is 20.8 Å². The molecule has 1 saturated heterocycles. The number of ether oxygens (including phenoxy) is 1. The van der Waals surface area contributed by atoms with Crippen LogP contribution in [0.2, 0.25) is 5.02 Å². The molecular weight excluding hydrogens is 812 g/mol. The summed E-state index contributed by atoms with van der Waals surface area (Å²) in [6.07, 6.45) is 1.84. The Morgan fingerprint density at radius 3 is 2.22 bits per heavy atom. The molecule has 6 rings (SSSR count). The topological polar surface area (TPSA) is 117 Å². The molecule has 0 aliphatic carbocycles. The Labute approximate surface area is 369 Å². The van der Waals surface area contributed by atoms with Crippen molar-refractivity contribution in [2.45, 2.75) is 55.5 Å². The van der Waals surface area contributed by atoms with Gasteiger partial charge in [0, 0.05) is 78.4 Å². The Bertz CT molecular complexity index is 2090. The van der Waals surface area contributed by atoms with E-state index >= 15 is 0 Å². The van der Waals surface area contributed by atoms with Crippen LogP contribution in [0.25, 0.3) is 11.1 Å². The quantitative estimate of drug-likeness (QED) is 0.0311. The Morgan fingerprint density at radius 2 is 1.53 bits per heavy atom. The van der Waals surface area contributed by atoms with Crippen LogP contribution in [-0.2, 0) is 16.1 Å². The van der Waals surface area contributed by atoms with Crippen molar-refractivity contribution >= 4 is 64.4 Å². The molecule has 0 unspecified atom stereocenters. The summed E-state index contributed by atoms with van der Waals surface area (Å²) in [5.41, 5.74) is 14.0. The maximum absolute atomic E-state index is 12.7. The monoisotopic (exact) mass is 869 g/mol. The molecule has 5 aromatic carbocycles. The number of piperazine rings is 1. The first-order valence-corrected chi connectivity index (χ1v) is 22.3. The van der Waals surface area contributed by atoms with E-state index < -0.39 is 5.60 Å². The lowest BCUT2D eigenvalue weighted by Crippen LogP contribution is -2.76. The van der Waals surface area contributed by atoms with Crippen molar-refractivity contribution < 1.29 is 24.6 Å². The predicted molar refractivity (Wildman–Crippen MR) is 249 cm³/mol. The Morgan fingerprint density at radius 1 is 0.850 bits per heavy atom. The predicted octanol–water partition coefficient (Wildman–Crippen LogP) is 9.53. The zero-order valence-electron chi connectivity index (χ0n) is 35.2. The molecular formula is C47H58ClN6O4S2+. The van der Waals surface area contributed by atoms with E-state index in [9.17, 15) is 9.59 Å². The van der Waals surface area contributed by atoms with Crippen molar-refractivity contribution in [2.75, 3.05) is 63.3 Å². The standard InChI is InChI=1S/C31H32ClN5O2S.C16H25NO2S/c1-39-34-30-20-27(14-15-29(30)33)40-35-31(38)23-8-12-26(13-9-23)37-18-16-36(17-19-37)21-24-4-2-3-5-28(24)22-6-10-25(32)11-7-22;1-16(2,3)19-15(18)17(4)12-8-9-13-20-14-10-6-5-7-11-14/h2-15,20,34H,16-19,21,33H2,1H3,(H,35,38);5-7,10-11H,8-9,12-13H2,1-4H3/p+1. The minimum Gasteiger partial charge on any atom is -0.444 e. The lowest BCUT2D eigenvalue weighted by molar-refractivity contribution is -0.829. The fraction of sp³-hybridized carbons (Fsp3) is 0.319. The molecule has 318 valence electrons. The first-order chi connectivity index (χ1) is 28.9. The van der Waals surface area contributed by atoms with Crippen molar-refractivity contribution in [1.82, 2.24) is 14.5 Å². The van der Waals surface area contributed by atoms with Crippen LogP contribution >= 0.6 is 35.3 Å². The van der Waals surface area contributed by atoms with Crippen LogP contribution in [0, 0.1) is 0 Å². The molecule has 0 bridgehead atoms. The summed E-state index contributed by atoms with van der Waals surface area (Å²) in [7, 11) is 3.37. The van der Waals surface area contributed by atoms with Gasteiger partial charge in [-0.05, 0) is 129 Å². The van der Waals surface area contributed by atoms with Gasteiger partial charge in [-0.15, -0.1) is 11.8 Å². The summed E-state index contributed by atoms with van der Waals surface area (Å²) >= 11 is 9.20. The lowest BCUT2D eigenvalue weighted by Gasteiger charge is -2.36. The van der Waals surface area contributed by atoms with E-state index in [0.29, 0.717) is 11.3 Å². The van der Waals surface area contributed by atoms with Gasteiger partial charge in [-0.2, -0.15) is 5.48 Å². The van der Waals surface area contributed by atoms with Crippen molar-refractivity contribution in [1.29, 1.82) is 0 Å². The number of carbonyl (C=O) groups excluding carboxylic acids is 2. The number of halogens is 1. The van der Waals surface area contributed by atoms with Gasteiger partial charge in [0.2, 0.25) is 0 Å². The number of rotatable bonds is 15. The summed E-state index contributed by atoms with van der Waals surface area (Å²) in [4.78, 5) is 38.2. The molecule has 1 aliphatic heterocycles. The third kappa shape index (κ3) is 15.1. The van der Waals surface area contributed by atoms with E-state index in [-0.39, 0.29) is 12.0 Å². The minimum atomic E-state index is -0.422. The van der Waals surface area contributed by atoms with Crippen LogP contribution in [-0.4, -0.2) is 80.0 Å². The molecule has 5 N–H and O–H groups in total. The molecule has 0 aromatic heterocycles. The summed E-state index contributed by atoms with van der Waals surface area (Å²) in [5, 5.41) is 0.749. The van der Waals surface area contributed by atoms with E-state index in [0.717, 1.165) is 79.2 Å². The molecule has 0 saturated carbocycles. The number of benzene rings is 5. The number of nitrogens with two attached hydrogens (primary N) is 2. The molecule has 1 aliphatic rings. The van der Waals surface area contributed by atoms with E-state index in [4.69, 9.17) is 26.9 Å². The number of anilines is 2. The number of unbranched alkanes of at least 4 members (excludes halogenated alkanes) is 1. The Hall–Kier alpha value is -4.69. The van der Waals surface area contributed by atoms with Gasteiger partial charge >= 0.3 is 6.09 Å². The van der Waals surface area contributed by atoms with E-state index in [1.807, 2.05) is 87.1 Å². The van der Waals surface area contributed by atoms with E-state index in [1.165, 1.54) is 33.5 Å². The van der Waals surface area contributed by atoms with Gasteiger partial charge in [0.05, 0.1) is 12.8 Å². The number of amides is 2. The second-order valence-electron chi connectivity index (χ2n) is 15.4. The first-order valence-electron chi connectivity index (χ1n) is 20.1. The van der Waals surface area contributed by atoms with Gasteiger partial charge in [0.15, 0.2) is 5.69 Å². The highest BCUT2D eigenvalue weighted by Gasteiger charge is 2.20. The van der Waals surface area contributed by atoms with Gasteiger partial charge in [-0.3, -0.25) is 14.4 Å². The van der Waals surface area contributed by atoms with Gasteiger partial charge < -0.3 is 20.3 Å². The summed E-state index contributed by atoms with van der Waals surface area (Å²) < 4.78 is 8.21. The molecule has 10 nitrogen and oxygen atoms in total. The molecule has 1 heterocycles. The van der Waals surface area contributed by atoms with Crippen molar-refractivity contribution in [2.24, 2.45) is 0 Å². The van der Waals surface area contributed by atoms with Crippen LogP contribution in [0.3, 0.4) is 0 Å². The normalized spacial score (nSPS) is 12.9. The summed E-state index contributed by atoms with van der Waals surface area (Å²) in [6.45, 7) is 11.1. The largest absolute Gasteiger partial charge is 0.444 e. The number of nitrogen functional groups attached to an aromatic ring is 1. The highest BCUT2D eigenvalue weighted by molar-refractivity contribution is 7.99. The molecule has 0 radical (unpaired) electrons. The average molecular weight is 871 g/mol. The van der Waals surface area contributed by atoms with Crippen molar-refractivity contribution in [3.05, 3.63) is 137 Å². The zero-order valence-corrected chi connectivity index (χ0v) is 37.6. The highest BCUT2D eigenvalue weighted by Crippen LogP contribution is 2.28. The number of nitrogens with zero attached hydrogens (tertiary/aromatic N) is 3. The third-order valence-electron chi connectivity index (χ3n) is 9.60. The molecule has 60 heavy (non-hydrogen) atoms. The van der Waals surface area contributed by atoms with Gasteiger partial charge in [-0.1, -0.05) is 66.2 Å². The molecule has 13 heteroatoms. The van der Waals surface area contributed by atoms with Crippen LogP contribution in [0.4, 0.5) is 21.9 Å². The molecule has 0 atom stereocenters. The number of hydrogen-bond acceptors (Lipinski definition) is 9. The summed E-state index contributed by atoms with van der Waals surface area (Å²) in [5.74, 6) is 0.932. The zero-order chi connectivity index (χ0) is 42.9. The highest BCUT2D eigenvalue weighted by atomic mass is 35.5. The number of quaternary nitrogens is 1. The SMILES string of the molecule is CN(CCCCSc1ccccc1)C(=O)OC(C)(C)C.CO[NH2+]c1cc(SNC(=O)c2ccc(N3CCN(Cc4ccccc4-c4ccc(Cl)cc4)CC3)cc2)ccc1N. The second kappa shape index (κ2) is 23.3. The van der Waals surface area contributed by atoms with Gasteiger partial charge in [0.1, 0.15) is 5.60 Å². The second-order valence-corrected chi connectivity index (χ2v) is 17.9. The van der Waals surface area contributed by atoms with Crippen molar-refractivity contribution in [3.8, 4) is 11.1 Å². The van der Waals surface area contributed by atoms with E-state index in [1.54, 1.807) is 30.6 Å². The molecule has 2 amide bonds. The van der Waals surface area contributed by atoms with Crippen molar-refractivity contribution in [3.63, 3.8) is 0 Å². The first kappa shape index (κ1) is 46.4.